The zero-order chi connectivity index (χ0) is 5.40. The molecule has 0 amide bonds. The molecule has 1 aromatic rings. The molecule has 2 heterocycles. The van der Waals surface area contributed by atoms with Gasteiger partial charge in [0.15, 0.2) is 0 Å². The van der Waals surface area contributed by atoms with Gasteiger partial charge in [-0.3, -0.25) is 5.10 Å². The number of nitrogens with one attached hydrogen (secondary N) is 1. The van der Waals surface area contributed by atoms with Crippen LogP contribution in [0, 0.1) is 0 Å². The molecule has 3 nitrogen and oxygen atoms in total. The van der Waals surface area contributed by atoms with Crippen LogP contribution in [0.1, 0.15) is 11.8 Å². The van der Waals surface area contributed by atoms with Crippen molar-refractivity contribution in [3.05, 3.63) is 18.0 Å². The quantitative estimate of drug-likeness (QED) is 0.534. The van der Waals surface area contributed by atoms with Crippen LogP contribution in [0.25, 0.3) is 0 Å². The summed E-state index contributed by atoms with van der Waals surface area (Å²) in [6, 6.07) is 1.93. The van der Waals surface area contributed by atoms with Gasteiger partial charge in [0.2, 0.25) is 0 Å². The van der Waals surface area contributed by atoms with Crippen molar-refractivity contribution in [3.8, 4) is 0 Å². The molecule has 1 N–H and O–H groups in total. The van der Waals surface area contributed by atoms with Gasteiger partial charge in [-0.05, 0) is 6.07 Å². The molecule has 1 fully saturated rings. The first-order valence-electron chi connectivity index (χ1n) is 2.58. The van der Waals surface area contributed by atoms with E-state index in [-0.39, 0.29) is 0 Å². The number of H-pyrrole nitrogens is 1. The second-order valence-corrected chi connectivity index (χ2v) is 1.83. The first-order valence-corrected chi connectivity index (χ1v) is 2.58. The number of hydrogen-bond donors (Lipinski definition) is 1. The van der Waals surface area contributed by atoms with Crippen LogP contribution < -0.4 is 0 Å². The molecule has 0 aromatic carbocycles. The first kappa shape index (κ1) is 4.09. The third kappa shape index (κ3) is 0.518. The van der Waals surface area contributed by atoms with E-state index in [9.17, 15) is 0 Å². The fourth-order valence-electron chi connectivity index (χ4n) is 0.674. The highest BCUT2D eigenvalue weighted by atomic mass is 16.6. The number of ether oxygens (including phenoxy) is 1. The Balaban J connectivity index is 2.28. The van der Waals surface area contributed by atoms with Crippen molar-refractivity contribution in [2.24, 2.45) is 0 Å². The van der Waals surface area contributed by atoms with Gasteiger partial charge in [-0.15, -0.1) is 0 Å². The number of rotatable bonds is 1. The summed E-state index contributed by atoms with van der Waals surface area (Å²) in [4.78, 5) is 0. The Labute approximate surface area is 46.7 Å². The summed E-state index contributed by atoms with van der Waals surface area (Å²) in [5, 5.41) is 6.60. The van der Waals surface area contributed by atoms with Gasteiger partial charge >= 0.3 is 0 Å². The van der Waals surface area contributed by atoms with Gasteiger partial charge in [0, 0.05) is 6.20 Å². The Morgan fingerprint density at radius 3 is 3.25 bits per heavy atom. The average Bonchev–Trinajstić information content (AvgIpc) is 2.49. The van der Waals surface area contributed by atoms with Crippen LogP contribution in [0.2, 0.25) is 0 Å². The van der Waals surface area contributed by atoms with E-state index < -0.39 is 0 Å². The highest BCUT2D eigenvalue weighted by molar-refractivity contribution is 5.05. The second kappa shape index (κ2) is 1.32. The van der Waals surface area contributed by atoms with Crippen molar-refractivity contribution in [2.75, 3.05) is 6.61 Å². The summed E-state index contributed by atoms with van der Waals surface area (Å²) >= 11 is 0. The standard InChI is InChI=1S/C5H6N2O/c1-2-6-7-4(1)5-3-8-5/h1-2,5H,3H2,(H,6,7). The molecule has 1 saturated heterocycles. The van der Waals surface area contributed by atoms with E-state index in [0.29, 0.717) is 6.10 Å². The van der Waals surface area contributed by atoms with Crippen LogP contribution in [0.5, 0.6) is 0 Å². The fourth-order valence-corrected chi connectivity index (χ4v) is 0.674. The molecule has 1 atom stereocenters. The molecule has 0 aliphatic carbocycles. The minimum absolute atomic E-state index is 0.317. The minimum atomic E-state index is 0.317. The van der Waals surface area contributed by atoms with Crippen molar-refractivity contribution < 1.29 is 4.74 Å². The van der Waals surface area contributed by atoms with Gasteiger partial charge in [-0.2, -0.15) is 5.10 Å². The molecule has 3 heteroatoms. The maximum Gasteiger partial charge on any atom is 0.122 e. The lowest BCUT2D eigenvalue weighted by molar-refractivity contribution is 0.411. The van der Waals surface area contributed by atoms with E-state index in [0.717, 1.165) is 12.3 Å². The highest BCUT2D eigenvalue weighted by Gasteiger charge is 2.25. The van der Waals surface area contributed by atoms with E-state index in [2.05, 4.69) is 10.2 Å². The molecule has 2 rings (SSSR count). The number of epoxide rings is 1. The topological polar surface area (TPSA) is 41.2 Å². The van der Waals surface area contributed by atoms with Crippen molar-refractivity contribution in [1.29, 1.82) is 0 Å². The summed E-state index contributed by atoms with van der Waals surface area (Å²) in [6.45, 7) is 0.849. The average molecular weight is 110 g/mol. The van der Waals surface area contributed by atoms with Crippen molar-refractivity contribution in [2.45, 2.75) is 6.10 Å². The fraction of sp³-hybridized carbons (Fsp3) is 0.400. The molecule has 1 unspecified atom stereocenters. The monoisotopic (exact) mass is 110 g/mol. The van der Waals surface area contributed by atoms with Gasteiger partial charge in [0.1, 0.15) is 6.10 Å². The number of aromatic nitrogens is 2. The Bertz CT molecular complexity index is 167. The molecule has 0 spiro atoms. The van der Waals surface area contributed by atoms with Crippen LogP contribution in [0.15, 0.2) is 12.3 Å². The molecule has 42 valence electrons. The molecule has 0 saturated carbocycles. The second-order valence-electron chi connectivity index (χ2n) is 1.83. The summed E-state index contributed by atoms with van der Waals surface area (Å²) < 4.78 is 4.98. The normalized spacial score (nSPS) is 25.8. The summed E-state index contributed by atoms with van der Waals surface area (Å²) in [5.41, 5.74) is 1.09. The third-order valence-electron chi connectivity index (χ3n) is 1.20. The summed E-state index contributed by atoms with van der Waals surface area (Å²) in [7, 11) is 0. The van der Waals surface area contributed by atoms with E-state index in [4.69, 9.17) is 4.74 Å². The molecule has 8 heavy (non-hydrogen) atoms. The molecular weight excluding hydrogens is 104 g/mol. The molecule has 1 aliphatic heterocycles. The van der Waals surface area contributed by atoms with Gasteiger partial charge < -0.3 is 4.74 Å². The lowest BCUT2D eigenvalue weighted by Crippen LogP contribution is -1.77. The molecule has 1 aliphatic rings. The largest absolute Gasteiger partial charge is 0.366 e. The Morgan fingerprint density at radius 2 is 2.75 bits per heavy atom. The van der Waals surface area contributed by atoms with Crippen LogP contribution in [-0.2, 0) is 4.74 Å². The maximum absolute atomic E-state index is 4.98. The number of aromatic amines is 1. The van der Waals surface area contributed by atoms with Gasteiger partial charge in [-0.1, -0.05) is 0 Å². The van der Waals surface area contributed by atoms with E-state index in [1.165, 1.54) is 0 Å². The van der Waals surface area contributed by atoms with Crippen molar-refractivity contribution >= 4 is 0 Å². The van der Waals surface area contributed by atoms with E-state index in [1.807, 2.05) is 6.07 Å². The highest BCUT2D eigenvalue weighted by Crippen LogP contribution is 2.26. The molecule has 0 bridgehead atoms. The maximum atomic E-state index is 4.98. The lowest BCUT2D eigenvalue weighted by Gasteiger charge is -1.79. The Morgan fingerprint density at radius 1 is 1.88 bits per heavy atom. The smallest absolute Gasteiger partial charge is 0.122 e. The number of hydrogen-bond acceptors (Lipinski definition) is 2. The first-order chi connectivity index (χ1) is 3.97. The van der Waals surface area contributed by atoms with Gasteiger partial charge in [0.25, 0.3) is 0 Å². The summed E-state index contributed by atoms with van der Waals surface area (Å²) in [5.74, 6) is 0. The zero-order valence-corrected chi connectivity index (χ0v) is 4.29. The SMILES string of the molecule is c1cc(C2CO2)[nH]n1. The molecule has 1 aromatic heterocycles. The predicted molar refractivity (Wildman–Crippen MR) is 27.3 cm³/mol. The van der Waals surface area contributed by atoms with E-state index in [1.54, 1.807) is 6.20 Å². The van der Waals surface area contributed by atoms with Crippen molar-refractivity contribution in [3.63, 3.8) is 0 Å². The third-order valence-corrected chi connectivity index (χ3v) is 1.20. The molecule has 0 radical (unpaired) electrons. The number of nitrogens with zero attached hydrogens (tertiary/aromatic N) is 1. The zero-order valence-electron chi connectivity index (χ0n) is 4.29. The van der Waals surface area contributed by atoms with Crippen LogP contribution in [0.4, 0.5) is 0 Å². The van der Waals surface area contributed by atoms with Gasteiger partial charge in [-0.25, -0.2) is 0 Å². The lowest BCUT2D eigenvalue weighted by atomic mass is 10.3. The molecular formula is C5H6N2O. The van der Waals surface area contributed by atoms with Crippen LogP contribution >= 0.6 is 0 Å². The van der Waals surface area contributed by atoms with Crippen LogP contribution in [0.3, 0.4) is 0 Å². The van der Waals surface area contributed by atoms with Gasteiger partial charge in [0.05, 0.1) is 12.3 Å². The minimum Gasteiger partial charge on any atom is -0.366 e. The van der Waals surface area contributed by atoms with E-state index >= 15 is 0 Å². The van der Waals surface area contributed by atoms with Crippen LogP contribution in [-0.4, -0.2) is 16.8 Å². The summed E-state index contributed by atoms with van der Waals surface area (Å²) in [6.07, 6.45) is 2.05. The Hall–Kier alpha value is -0.830. The Kier molecular flexibility index (Phi) is 0.676. The van der Waals surface area contributed by atoms with Crippen molar-refractivity contribution in [1.82, 2.24) is 10.2 Å². The predicted octanol–water partition coefficient (Wildman–Crippen LogP) is 0.481.